The average molecular weight is 296 g/mol. The van der Waals surface area contributed by atoms with Crippen molar-refractivity contribution in [2.24, 2.45) is 0 Å². The summed E-state index contributed by atoms with van der Waals surface area (Å²) in [7, 11) is 0. The second-order valence-corrected chi connectivity index (χ2v) is 5.49. The van der Waals surface area contributed by atoms with E-state index in [4.69, 9.17) is 5.26 Å². The maximum atomic E-state index is 13.6. The van der Waals surface area contributed by atoms with Crippen molar-refractivity contribution in [1.82, 2.24) is 0 Å². The van der Waals surface area contributed by atoms with Crippen LogP contribution in [0.5, 0.6) is 0 Å². The highest BCUT2D eigenvalue weighted by Gasteiger charge is 2.12. The molecule has 0 radical (unpaired) electrons. The molecule has 21 heavy (non-hydrogen) atoms. The Morgan fingerprint density at radius 2 is 2.00 bits per heavy atom. The lowest BCUT2D eigenvalue weighted by Gasteiger charge is -2.03. The van der Waals surface area contributed by atoms with E-state index in [-0.39, 0.29) is 11.7 Å². The van der Waals surface area contributed by atoms with E-state index in [0.717, 1.165) is 4.70 Å². The van der Waals surface area contributed by atoms with Gasteiger partial charge in [0.25, 0.3) is 5.91 Å². The third-order valence-electron chi connectivity index (χ3n) is 2.98. The predicted octanol–water partition coefficient (Wildman–Crippen LogP) is 4.16. The molecule has 1 amide bonds. The van der Waals surface area contributed by atoms with Crippen molar-refractivity contribution < 1.29 is 9.18 Å². The van der Waals surface area contributed by atoms with Gasteiger partial charge in [0.05, 0.1) is 16.5 Å². The van der Waals surface area contributed by atoms with E-state index >= 15 is 0 Å². The fraction of sp³-hybridized carbons (Fsp3) is 0. The van der Waals surface area contributed by atoms with Gasteiger partial charge in [-0.3, -0.25) is 4.79 Å². The van der Waals surface area contributed by atoms with Crippen LogP contribution in [0.15, 0.2) is 48.5 Å². The van der Waals surface area contributed by atoms with Crippen LogP contribution in [0.2, 0.25) is 0 Å². The molecule has 1 heterocycles. The van der Waals surface area contributed by atoms with E-state index < -0.39 is 0 Å². The zero-order chi connectivity index (χ0) is 14.8. The number of thiophene rings is 1. The zero-order valence-electron chi connectivity index (χ0n) is 10.8. The Hall–Kier alpha value is -2.71. The summed E-state index contributed by atoms with van der Waals surface area (Å²) in [6, 6.07) is 15.0. The number of carbonyl (C=O) groups excluding carboxylic acids is 1. The Morgan fingerprint density at radius 3 is 2.76 bits per heavy atom. The highest BCUT2D eigenvalue weighted by Crippen LogP contribution is 2.28. The van der Waals surface area contributed by atoms with Crippen molar-refractivity contribution in [3.05, 3.63) is 64.8 Å². The average Bonchev–Trinajstić information content (AvgIpc) is 2.93. The number of hydrogen-bond donors (Lipinski definition) is 1. The topological polar surface area (TPSA) is 52.9 Å². The van der Waals surface area contributed by atoms with E-state index in [2.05, 4.69) is 5.32 Å². The van der Waals surface area contributed by atoms with E-state index in [1.165, 1.54) is 17.4 Å². The van der Waals surface area contributed by atoms with Gasteiger partial charge in [-0.1, -0.05) is 12.1 Å². The minimum Gasteiger partial charge on any atom is -0.321 e. The lowest BCUT2D eigenvalue weighted by molar-refractivity contribution is 0.103. The van der Waals surface area contributed by atoms with Gasteiger partial charge in [-0.25, -0.2) is 4.39 Å². The van der Waals surface area contributed by atoms with E-state index in [1.807, 2.05) is 6.07 Å². The molecule has 1 N–H and O–H groups in total. The molecule has 0 saturated heterocycles. The molecule has 0 aliphatic carbocycles. The van der Waals surface area contributed by atoms with Crippen LogP contribution >= 0.6 is 11.3 Å². The van der Waals surface area contributed by atoms with Crippen molar-refractivity contribution in [3.8, 4) is 6.07 Å². The molecule has 3 rings (SSSR count). The van der Waals surface area contributed by atoms with Crippen LogP contribution in [0, 0.1) is 17.1 Å². The largest absolute Gasteiger partial charge is 0.321 e. The summed E-state index contributed by atoms with van der Waals surface area (Å²) in [6.45, 7) is 0. The first-order chi connectivity index (χ1) is 10.2. The van der Waals surface area contributed by atoms with Crippen LogP contribution in [0.4, 0.5) is 10.1 Å². The number of fused-ring (bicyclic) bond motifs is 1. The first-order valence-electron chi connectivity index (χ1n) is 6.17. The minimum absolute atomic E-state index is 0.314. The number of anilines is 1. The third-order valence-corrected chi connectivity index (χ3v) is 4.08. The second kappa shape index (κ2) is 5.35. The highest BCUT2D eigenvalue weighted by atomic mass is 32.1. The molecule has 0 bridgehead atoms. The van der Waals surface area contributed by atoms with Gasteiger partial charge in [-0.2, -0.15) is 5.26 Å². The molecule has 102 valence electrons. The van der Waals surface area contributed by atoms with Crippen LogP contribution in [0.25, 0.3) is 10.1 Å². The number of halogens is 1. The fourth-order valence-electron chi connectivity index (χ4n) is 2.00. The smallest absolute Gasteiger partial charge is 0.265 e. The monoisotopic (exact) mass is 296 g/mol. The summed E-state index contributed by atoms with van der Waals surface area (Å²) in [5.74, 6) is -0.653. The lowest BCUT2D eigenvalue weighted by Crippen LogP contribution is -2.10. The third kappa shape index (κ3) is 2.62. The maximum Gasteiger partial charge on any atom is 0.265 e. The van der Waals surface area contributed by atoms with Gasteiger partial charge in [0, 0.05) is 15.8 Å². The summed E-state index contributed by atoms with van der Waals surface area (Å²) in [6.07, 6.45) is 0. The molecule has 5 heteroatoms. The van der Waals surface area contributed by atoms with Gasteiger partial charge in [0.1, 0.15) is 5.82 Å². The molecular weight excluding hydrogens is 287 g/mol. The van der Waals surface area contributed by atoms with Crippen molar-refractivity contribution >= 4 is 33.0 Å². The summed E-state index contributed by atoms with van der Waals surface area (Å²) < 4.78 is 14.4. The second-order valence-electron chi connectivity index (χ2n) is 4.41. The van der Waals surface area contributed by atoms with Crippen LogP contribution in [0.3, 0.4) is 0 Å². The van der Waals surface area contributed by atoms with Gasteiger partial charge in [-0.05, 0) is 36.4 Å². The Kier molecular flexibility index (Phi) is 3.38. The van der Waals surface area contributed by atoms with Crippen molar-refractivity contribution in [3.63, 3.8) is 0 Å². The molecule has 0 aliphatic heterocycles. The normalized spacial score (nSPS) is 10.3. The van der Waals surface area contributed by atoms with Crippen molar-refractivity contribution in [2.45, 2.75) is 0 Å². The quantitative estimate of drug-likeness (QED) is 0.771. The predicted molar refractivity (Wildman–Crippen MR) is 80.9 cm³/mol. The van der Waals surface area contributed by atoms with Crippen LogP contribution in [0.1, 0.15) is 15.2 Å². The van der Waals surface area contributed by atoms with Gasteiger partial charge in [0.15, 0.2) is 0 Å². The number of carbonyl (C=O) groups is 1. The molecule has 0 saturated carbocycles. The number of hydrogen-bond acceptors (Lipinski definition) is 3. The van der Waals surface area contributed by atoms with E-state index in [1.54, 1.807) is 42.5 Å². The van der Waals surface area contributed by atoms with E-state index in [9.17, 15) is 9.18 Å². The fourth-order valence-corrected chi connectivity index (χ4v) is 2.97. The molecule has 2 aromatic carbocycles. The summed E-state index contributed by atoms with van der Waals surface area (Å²) in [5.41, 5.74) is 1.01. The summed E-state index contributed by atoms with van der Waals surface area (Å²) >= 11 is 1.23. The van der Waals surface area contributed by atoms with Gasteiger partial charge in [-0.15, -0.1) is 11.3 Å². The first kappa shape index (κ1) is 13.3. The molecule has 0 atom stereocenters. The Balaban J connectivity index is 1.90. The maximum absolute atomic E-state index is 13.6. The van der Waals surface area contributed by atoms with Crippen molar-refractivity contribution in [1.29, 1.82) is 5.26 Å². The molecular formula is C16H9FN2OS. The molecule has 0 aliphatic rings. The van der Waals surface area contributed by atoms with E-state index in [0.29, 0.717) is 21.5 Å². The molecule has 3 nitrogen and oxygen atoms in total. The first-order valence-corrected chi connectivity index (χ1v) is 6.98. The standard InChI is InChI=1S/C16H9FN2OS/c17-13-5-2-6-14-12(13)8-15(21-14)16(20)19-11-4-1-3-10(7-11)9-18/h1-8H,(H,19,20). The van der Waals surface area contributed by atoms with Gasteiger partial charge < -0.3 is 5.32 Å². The van der Waals surface area contributed by atoms with Crippen LogP contribution in [-0.2, 0) is 0 Å². The number of nitriles is 1. The number of rotatable bonds is 2. The van der Waals surface area contributed by atoms with Crippen LogP contribution < -0.4 is 5.32 Å². The number of nitrogens with one attached hydrogen (secondary N) is 1. The Bertz CT molecular complexity index is 879. The Morgan fingerprint density at radius 1 is 1.19 bits per heavy atom. The van der Waals surface area contributed by atoms with Gasteiger partial charge >= 0.3 is 0 Å². The molecule has 3 aromatic rings. The van der Waals surface area contributed by atoms with Crippen LogP contribution in [-0.4, -0.2) is 5.91 Å². The zero-order valence-corrected chi connectivity index (χ0v) is 11.6. The van der Waals surface area contributed by atoms with Gasteiger partial charge in [0.2, 0.25) is 0 Å². The highest BCUT2D eigenvalue weighted by molar-refractivity contribution is 7.20. The number of amides is 1. The molecule has 0 fully saturated rings. The summed E-state index contributed by atoms with van der Waals surface area (Å²) in [4.78, 5) is 12.6. The Labute approximate surface area is 124 Å². The minimum atomic E-state index is -0.339. The lowest BCUT2D eigenvalue weighted by atomic mass is 10.2. The molecule has 1 aromatic heterocycles. The summed E-state index contributed by atoms with van der Waals surface area (Å²) in [5, 5.41) is 12.0. The number of nitrogens with zero attached hydrogens (tertiary/aromatic N) is 1. The van der Waals surface area contributed by atoms with Crippen molar-refractivity contribution in [2.75, 3.05) is 5.32 Å². The molecule has 0 spiro atoms. The molecule has 0 unspecified atom stereocenters. The number of benzene rings is 2. The SMILES string of the molecule is N#Cc1cccc(NC(=O)c2cc3c(F)cccc3s2)c1.